The molecule has 6 nitrogen and oxygen atoms in total. The van der Waals surface area contributed by atoms with Gasteiger partial charge in [0, 0.05) is 31.2 Å². The summed E-state index contributed by atoms with van der Waals surface area (Å²) in [4.78, 5) is 15.4. The Bertz CT molecular complexity index is 1060. The standard InChI is InChI=1S/C25H32N2O4S/c1-18-13-19(2)16-26(15-18)32(29,30)24-14-21(9-12-23(24)31-3)25(28)27(22-10-11-22)17-20-7-5-4-6-8-20/h4-9,12,14,18-19,22H,10-11,13,15-17H2,1-3H3/t18-,19-/m0/s1. The summed E-state index contributed by atoms with van der Waals surface area (Å²) in [6, 6.07) is 14.9. The zero-order valence-electron chi connectivity index (χ0n) is 19.0. The zero-order chi connectivity index (χ0) is 22.9. The highest BCUT2D eigenvalue weighted by Gasteiger charge is 2.36. The molecule has 0 bridgehead atoms. The molecule has 172 valence electrons. The molecule has 1 amide bonds. The van der Waals surface area contributed by atoms with E-state index >= 15 is 0 Å². The van der Waals surface area contributed by atoms with Gasteiger partial charge in [-0.15, -0.1) is 0 Å². The molecule has 1 saturated heterocycles. The lowest BCUT2D eigenvalue weighted by molar-refractivity contribution is 0.0729. The molecule has 0 spiro atoms. The number of methoxy groups -OCH3 is 1. The second-order valence-electron chi connectivity index (χ2n) is 9.28. The second-order valence-corrected chi connectivity index (χ2v) is 11.2. The number of hydrogen-bond donors (Lipinski definition) is 0. The van der Waals surface area contributed by atoms with E-state index in [0.717, 1.165) is 24.8 Å². The first kappa shape index (κ1) is 22.8. The normalized spacial score (nSPS) is 21.8. The van der Waals surface area contributed by atoms with E-state index in [1.807, 2.05) is 35.2 Å². The van der Waals surface area contributed by atoms with Crippen molar-refractivity contribution in [3.05, 3.63) is 59.7 Å². The molecular formula is C25H32N2O4S. The number of carbonyl (C=O) groups is 1. The van der Waals surface area contributed by atoms with Crippen LogP contribution in [0.1, 0.15) is 49.0 Å². The molecule has 1 heterocycles. The van der Waals surface area contributed by atoms with Crippen LogP contribution in [0.3, 0.4) is 0 Å². The molecular weight excluding hydrogens is 424 g/mol. The largest absolute Gasteiger partial charge is 0.495 e. The Hall–Kier alpha value is -2.38. The van der Waals surface area contributed by atoms with E-state index in [0.29, 0.717) is 37.0 Å². The summed E-state index contributed by atoms with van der Waals surface area (Å²) >= 11 is 0. The Morgan fingerprint density at radius 1 is 1.06 bits per heavy atom. The molecule has 2 atom stereocenters. The SMILES string of the molecule is COc1ccc(C(=O)N(Cc2ccccc2)C2CC2)cc1S(=O)(=O)N1C[C@@H](C)C[C@H](C)C1. The lowest BCUT2D eigenvalue weighted by atomic mass is 9.94. The number of piperidine rings is 1. The Morgan fingerprint density at radius 3 is 2.31 bits per heavy atom. The van der Waals surface area contributed by atoms with Crippen LogP contribution in [0.15, 0.2) is 53.4 Å². The van der Waals surface area contributed by atoms with Crippen molar-refractivity contribution in [2.24, 2.45) is 11.8 Å². The molecule has 2 aliphatic rings. The predicted molar refractivity (Wildman–Crippen MR) is 124 cm³/mol. The van der Waals surface area contributed by atoms with Crippen molar-refractivity contribution in [3.8, 4) is 5.75 Å². The summed E-state index contributed by atoms with van der Waals surface area (Å²) in [6.45, 7) is 5.63. The molecule has 1 saturated carbocycles. The maximum Gasteiger partial charge on any atom is 0.254 e. The summed E-state index contributed by atoms with van der Waals surface area (Å²) in [5.74, 6) is 0.713. The molecule has 1 aliphatic carbocycles. The van der Waals surface area contributed by atoms with Gasteiger partial charge in [-0.2, -0.15) is 4.31 Å². The number of rotatable bonds is 7. The van der Waals surface area contributed by atoms with Gasteiger partial charge in [-0.05, 0) is 54.9 Å². The molecule has 1 aliphatic heterocycles. The fourth-order valence-electron chi connectivity index (χ4n) is 4.65. The molecule has 0 radical (unpaired) electrons. The Morgan fingerprint density at radius 2 is 1.72 bits per heavy atom. The zero-order valence-corrected chi connectivity index (χ0v) is 19.8. The van der Waals surface area contributed by atoms with E-state index in [1.165, 1.54) is 13.2 Å². The molecule has 0 aromatic heterocycles. The monoisotopic (exact) mass is 456 g/mol. The third kappa shape index (κ3) is 4.84. The Balaban J connectivity index is 1.65. The van der Waals surface area contributed by atoms with Crippen molar-refractivity contribution in [2.45, 2.75) is 50.6 Å². The van der Waals surface area contributed by atoms with Crippen molar-refractivity contribution >= 4 is 15.9 Å². The highest BCUT2D eigenvalue weighted by molar-refractivity contribution is 7.89. The molecule has 32 heavy (non-hydrogen) atoms. The fourth-order valence-corrected chi connectivity index (χ4v) is 6.51. The minimum atomic E-state index is -3.78. The van der Waals surface area contributed by atoms with E-state index in [1.54, 1.807) is 16.4 Å². The van der Waals surface area contributed by atoms with Gasteiger partial charge >= 0.3 is 0 Å². The predicted octanol–water partition coefficient (Wildman–Crippen LogP) is 4.17. The lowest BCUT2D eigenvalue weighted by Gasteiger charge is -2.34. The lowest BCUT2D eigenvalue weighted by Crippen LogP contribution is -2.42. The first-order chi connectivity index (χ1) is 15.3. The molecule has 2 aromatic carbocycles. The van der Waals surface area contributed by atoms with Crippen LogP contribution in [-0.2, 0) is 16.6 Å². The molecule has 0 unspecified atom stereocenters. The first-order valence-electron chi connectivity index (χ1n) is 11.3. The van der Waals surface area contributed by atoms with Crippen LogP contribution in [0.5, 0.6) is 5.75 Å². The second kappa shape index (κ2) is 9.24. The quantitative estimate of drug-likeness (QED) is 0.627. The van der Waals surface area contributed by atoms with Crippen LogP contribution in [0.25, 0.3) is 0 Å². The van der Waals surface area contributed by atoms with Crippen molar-refractivity contribution < 1.29 is 17.9 Å². The molecule has 2 aromatic rings. The van der Waals surface area contributed by atoms with Gasteiger partial charge in [0.1, 0.15) is 10.6 Å². The number of ether oxygens (including phenoxy) is 1. The van der Waals surface area contributed by atoms with Crippen LogP contribution in [0.4, 0.5) is 0 Å². The van der Waals surface area contributed by atoms with Gasteiger partial charge in [-0.25, -0.2) is 8.42 Å². The smallest absolute Gasteiger partial charge is 0.254 e. The van der Waals surface area contributed by atoms with Gasteiger partial charge in [0.2, 0.25) is 10.0 Å². The Labute approximate surface area is 191 Å². The van der Waals surface area contributed by atoms with E-state index in [2.05, 4.69) is 13.8 Å². The van der Waals surface area contributed by atoms with Gasteiger partial charge in [-0.3, -0.25) is 4.79 Å². The number of nitrogens with zero attached hydrogens (tertiary/aromatic N) is 2. The van der Waals surface area contributed by atoms with Crippen LogP contribution < -0.4 is 4.74 Å². The number of amides is 1. The van der Waals surface area contributed by atoms with Crippen molar-refractivity contribution in [2.75, 3.05) is 20.2 Å². The summed E-state index contributed by atoms with van der Waals surface area (Å²) < 4.78 is 34.1. The minimum absolute atomic E-state index is 0.0719. The van der Waals surface area contributed by atoms with E-state index in [-0.39, 0.29) is 22.6 Å². The van der Waals surface area contributed by atoms with Crippen molar-refractivity contribution in [1.29, 1.82) is 0 Å². The number of sulfonamides is 1. The summed E-state index contributed by atoms with van der Waals surface area (Å²) in [5.41, 5.74) is 1.44. The van der Waals surface area contributed by atoms with Gasteiger partial charge in [0.25, 0.3) is 5.91 Å². The molecule has 4 rings (SSSR count). The van der Waals surface area contributed by atoms with Gasteiger partial charge in [-0.1, -0.05) is 44.2 Å². The van der Waals surface area contributed by atoms with Crippen LogP contribution in [0.2, 0.25) is 0 Å². The third-order valence-corrected chi connectivity index (χ3v) is 8.16. The van der Waals surface area contributed by atoms with Gasteiger partial charge in [0.15, 0.2) is 0 Å². The van der Waals surface area contributed by atoms with E-state index < -0.39 is 10.0 Å². The topological polar surface area (TPSA) is 66.9 Å². The number of carbonyl (C=O) groups excluding carboxylic acids is 1. The van der Waals surface area contributed by atoms with Crippen molar-refractivity contribution in [1.82, 2.24) is 9.21 Å². The summed E-state index contributed by atoms with van der Waals surface area (Å²) in [7, 11) is -2.32. The molecule has 7 heteroatoms. The van der Waals surface area contributed by atoms with Gasteiger partial charge < -0.3 is 9.64 Å². The molecule has 0 N–H and O–H groups in total. The van der Waals surface area contributed by atoms with Gasteiger partial charge in [0.05, 0.1) is 7.11 Å². The molecule has 2 fully saturated rings. The average molecular weight is 457 g/mol. The average Bonchev–Trinajstić information content (AvgIpc) is 3.62. The summed E-state index contributed by atoms with van der Waals surface area (Å²) in [6.07, 6.45) is 2.96. The van der Waals surface area contributed by atoms with Crippen LogP contribution >= 0.6 is 0 Å². The van der Waals surface area contributed by atoms with Crippen LogP contribution in [-0.4, -0.2) is 49.8 Å². The minimum Gasteiger partial charge on any atom is -0.495 e. The highest BCUT2D eigenvalue weighted by Crippen LogP contribution is 2.34. The maximum absolute atomic E-state index is 13.6. The van der Waals surface area contributed by atoms with E-state index in [4.69, 9.17) is 4.74 Å². The highest BCUT2D eigenvalue weighted by atomic mass is 32.2. The fraction of sp³-hybridized carbons (Fsp3) is 0.480. The third-order valence-electron chi connectivity index (χ3n) is 6.31. The van der Waals surface area contributed by atoms with Crippen molar-refractivity contribution in [3.63, 3.8) is 0 Å². The number of benzene rings is 2. The first-order valence-corrected chi connectivity index (χ1v) is 12.8. The Kier molecular flexibility index (Phi) is 6.58. The van der Waals surface area contributed by atoms with Crippen LogP contribution in [0, 0.1) is 11.8 Å². The van der Waals surface area contributed by atoms with E-state index in [9.17, 15) is 13.2 Å². The number of hydrogen-bond acceptors (Lipinski definition) is 4. The maximum atomic E-state index is 13.6. The summed E-state index contributed by atoms with van der Waals surface area (Å²) in [5, 5.41) is 0.